The zero-order valence-electron chi connectivity index (χ0n) is 11.9. The van der Waals surface area contributed by atoms with E-state index in [1.807, 2.05) is 0 Å². The predicted molar refractivity (Wildman–Crippen MR) is 81.2 cm³/mol. The molecule has 0 spiro atoms. The van der Waals surface area contributed by atoms with Crippen LogP contribution in [0, 0.1) is 5.41 Å². The molecule has 18 heavy (non-hydrogen) atoms. The Labute approximate surface area is 118 Å². The smallest absolute Gasteiger partial charge is 0.148 e. The van der Waals surface area contributed by atoms with E-state index >= 15 is 0 Å². The van der Waals surface area contributed by atoms with E-state index in [-0.39, 0.29) is 5.41 Å². The maximum absolute atomic E-state index is 4.36. The maximum Gasteiger partial charge on any atom is 0.148 e. The molecule has 0 aliphatic carbocycles. The molecule has 1 rings (SSSR count). The summed E-state index contributed by atoms with van der Waals surface area (Å²) in [6.07, 6.45) is 2.68. The number of aromatic nitrogens is 2. The van der Waals surface area contributed by atoms with Crippen LogP contribution in [-0.2, 0) is 0 Å². The number of nitrogens with zero attached hydrogens (tertiary/aromatic N) is 3. The lowest BCUT2D eigenvalue weighted by Crippen LogP contribution is -2.30. The second-order valence-electron chi connectivity index (χ2n) is 5.70. The molecule has 102 valence electrons. The van der Waals surface area contributed by atoms with Gasteiger partial charge in [-0.15, -0.1) is 0 Å². The van der Waals surface area contributed by atoms with Crippen LogP contribution in [0.2, 0.25) is 0 Å². The van der Waals surface area contributed by atoms with E-state index in [1.165, 1.54) is 0 Å². The predicted octanol–water partition coefficient (Wildman–Crippen LogP) is 3.54. The zero-order valence-corrected chi connectivity index (χ0v) is 13.5. The molecule has 0 radical (unpaired) electrons. The number of nitrogens with one attached hydrogen (secondary N) is 1. The van der Waals surface area contributed by atoms with Gasteiger partial charge in [-0.1, -0.05) is 27.7 Å². The first-order valence-electron chi connectivity index (χ1n) is 6.30. The Morgan fingerprint density at radius 2 is 2.00 bits per heavy atom. The Morgan fingerprint density at radius 3 is 2.56 bits per heavy atom. The van der Waals surface area contributed by atoms with Crippen molar-refractivity contribution in [2.24, 2.45) is 5.41 Å². The molecule has 1 N–H and O–H groups in total. The van der Waals surface area contributed by atoms with Gasteiger partial charge in [0, 0.05) is 20.1 Å². The van der Waals surface area contributed by atoms with Crippen LogP contribution in [0.5, 0.6) is 0 Å². The van der Waals surface area contributed by atoms with E-state index in [1.54, 1.807) is 6.33 Å². The van der Waals surface area contributed by atoms with Gasteiger partial charge in [-0.3, -0.25) is 0 Å². The first-order chi connectivity index (χ1) is 8.35. The van der Waals surface area contributed by atoms with Crippen molar-refractivity contribution in [1.29, 1.82) is 0 Å². The quantitative estimate of drug-likeness (QED) is 0.902. The van der Waals surface area contributed by atoms with Crippen LogP contribution in [0.15, 0.2) is 10.8 Å². The Bertz CT molecular complexity index is 387. The Morgan fingerprint density at radius 1 is 1.33 bits per heavy atom. The molecule has 0 fully saturated rings. The minimum Gasteiger partial charge on any atom is -0.369 e. The fraction of sp³-hybridized carbons (Fsp3) is 0.692. The molecule has 0 aliphatic rings. The standard InChI is InChI=1S/C13H23BrN4/c1-6-7-15-11-10(14)12(17-9-16-11)18(5)8-13(2,3)4/h9H,6-8H2,1-5H3,(H,15,16,17). The summed E-state index contributed by atoms with van der Waals surface area (Å²) in [6.45, 7) is 10.6. The van der Waals surface area contributed by atoms with Crippen molar-refractivity contribution in [2.75, 3.05) is 30.4 Å². The lowest BCUT2D eigenvalue weighted by molar-refractivity contribution is 0.417. The SMILES string of the molecule is CCCNc1ncnc(N(C)CC(C)(C)C)c1Br. The van der Waals surface area contributed by atoms with Gasteiger partial charge < -0.3 is 10.2 Å². The van der Waals surface area contributed by atoms with Crippen LogP contribution in [0.3, 0.4) is 0 Å². The van der Waals surface area contributed by atoms with Gasteiger partial charge in [0.05, 0.1) is 0 Å². The molecule has 0 aromatic carbocycles. The van der Waals surface area contributed by atoms with E-state index in [0.29, 0.717) is 0 Å². The topological polar surface area (TPSA) is 41.1 Å². The maximum atomic E-state index is 4.36. The molecule has 0 amide bonds. The molecule has 1 aromatic rings. The molecule has 0 saturated heterocycles. The molecule has 0 unspecified atom stereocenters. The van der Waals surface area contributed by atoms with Crippen LogP contribution >= 0.6 is 15.9 Å². The minimum absolute atomic E-state index is 0.232. The third-order valence-electron chi connectivity index (χ3n) is 2.39. The highest BCUT2D eigenvalue weighted by Crippen LogP contribution is 2.30. The van der Waals surface area contributed by atoms with E-state index in [4.69, 9.17) is 0 Å². The van der Waals surface area contributed by atoms with Crippen LogP contribution in [0.25, 0.3) is 0 Å². The summed E-state index contributed by atoms with van der Waals surface area (Å²) in [5.74, 6) is 1.79. The second kappa shape index (κ2) is 6.36. The summed E-state index contributed by atoms with van der Waals surface area (Å²) in [4.78, 5) is 10.8. The van der Waals surface area contributed by atoms with Gasteiger partial charge >= 0.3 is 0 Å². The lowest BCUT2D eigenvalue weighted by atomic mass is 9.96. The van der Waals surface area contributed by atoms with Crippen molar-refractivity contribution in [2.45, 2.75) is 34.1 Å². The fourth-order valence-corrected chi connectivity index (χ4v) is 2.43. The van der Waals surface area contributed by atoms with Crippen molar-refractivity contribution in [3.63, 3.8) is 0 Å². The largest absolute Gasteiger partial charge is 0.369 e. The summed E-state index contributed by atoms with van der Waals surface area (Å²) in [7, 11) is 2.06. The van der Waals surface area contributed by atoms with Gasteiger partial charge in [0.15, 0.2) is 0 Å². The van der Waals surface area contributed by atoms with Crippen LogP contribution in [0.4, 0.5) is 11.6 Å². The van der Waals surface area contributed by atoms with Gasteiger partial charge in [-0.2, -0.15) is 0 Å². The van der Waals surface area contributed by atoms with Crippen molar-refractivity contribution in [1.82, 2.24) is 9.97 Å². The van der Waals surface area contributed by atoms with Crippen molar-refractivity contribution >= 4 is 27.6 Å². The highest BCUT2D eigenvalue weighted by Gasteiger charge is 2.18. The van der Waals surface area contributed by atoms with Crippen molar-refractivity contribution < 1.29 is 0 Å². The third-order valence-corrected chi connectivity index (χ3v) is 3.12. The summed E-state index contributed by atoms with van der Waals surface area (Å²) < 4.78 is 0.935. The third kappa shape index (κ3) is 4.44. The molecule has 4 nitrogen and oxygen atoms in total. The van der Waals surface area contributed by atoms with Crippen molar-refractivity contribution in [3.05, 3.63) is 10.8 Å². The first kappa shape index (κ1) is 15.2. The molecule has 0 atom stereocenters. The fourth-order valence-electron chi connectivity index (χ4n) is 1.78. The average Bonchev–Trinajstić information content (AvgIpc) is 2.25. The summed E-state index contributed by atoms with van der Waals surface area (Å²) >= 11 is 3.59. The number of rotatable bonds is 5. The highest BCUT2D eigenvalue weighted by molar-refractivity contribution is 9.10. The van der Waals surface area contributed by atoms with E-state index < -0.39 is 0 Å². The number of anilines is 2. The molecule has 0 saturated carbocycles. The highest BCUT2D eigenvalue weighted by atomic mass is 79.9. The zero-order chi connectivity index (χ0) is 13.8. The molecule has 1 aromatic heterocycles. The molecule has 5 heteroatoms. The minimum atomic E-state index is 0.232. The van der Waals surface area contributed by atoms with Crippen molar-refractivity contribution in [3.8, 4) is 0 Å². The number of hydrogen-bond donors (Lipinski definition) is 1. The number of halogens is 1. The van der Waals surface area contributed by atoms with Gasteiger partial charge in [0.1, 0.15) is 22.4 Å². The molecular weight excluding hydrogens is 292 g/mol. The van der Waals surface area contributed by atoms with E-state index in [9.17, 15) is 0 Å². The monoisotopic (exact) mass is 314 g/mol. The van der Waals surface area contributed by atoms with Crippen LogP contribution in [-0.4, -0.2) is 30.1 Å². The van der Waals surface area contributed by atoms with Crippen LogP contribution in [0.1, 0.15) is 34.1 Å². The van der Waals surface area contributed by atoms with Gasteiger partial charge in [-0.25, -0.2) is 9.97 Å². The second-order valence-corrected chi connectivity index (χ2v) is 6.50. The van der Waals surface area contributed by atoms with Gasteiger partial charge in [0.25, 0.3) is 0 Å². The number of hydrogen-bond acceptors (Lipinski definition) is 4. The Balaban J connectivity index is 2.89. The molecule has 1 heterocycles. The first-order valence-corrected chi connectivity index (χ1v) is 7.10. The summed E-state index contributed by atoms with van der Waals surface area (Å²) in [6, 6.07) is 0. The Hall–Kier alpha value is -0.840. The van der Waals surface area contributed by atoms with E-state index in [0.717, 1.165) is 35.6 Å². The lowest BCUT2D eigenvalue weighted by Gasteiger charge is -2.28. The molecular formula is C13H23BrN4. The summed E-state index contributed by atoms with van der Waals surface area (Å²) in [5.41, 5.74) is 0.232. The average molecular weight is 315 g/mol. The Kier molecular flexibility index (Phi) is 5.38. The van der Waals surface area contributed by atoms with Gasteiger partial charge in [-0.05, 0) is 27.8 Å². The molecule has 0 bridgehead atoms. The van der Waals surface area contributed by atoms with Crippen LogP contribution < -0.4 is 10.2 Å². The summed E-state index contributed by atoms with van der Waals surface area (Å²) in [5, 5.41) is 3.30. The normalized spacial score (nSPS) is 11.4. The van der Waals surface area contributed by atoms with E-state index in [2.05, 4.69) is 70.9 Å². The van der Waals surface area contributed by atoms with Gasteiger partial charge in [0.2, 0.25) is 0 Å². The molecule has 0 aliphatic heterocycles.